The van der Waals surface area contributed by atoms with Crippen LogP contribution < -0.4 is 5.32 Å². The molecule has 7 heteroatoms. The van der Waals surface area contributed by atoms with Crippen LogP contribution in [0.2, 0.25) is 0 Å². The number of nitrogens with one attached hydrogen (secondary N) is 1. The van der Waals surface area contributed by atoms with E-state index in [1.165, 1.54) is 13.0 Å². The Balaban J connectivity index is 4.75. The minimum Gasteiger partial charge on any atom is -0.480 e. The van der Waals surface area contributed by atoms with E-state index in [0.717, 1.165) is 0 Å². The molecule has 0 radical (unpaired) electrons. The second-order valence-electron chi connectivity index (χ2n) is 3.95. The number of amides is 1. The van der Waals surface area contributed by atoms with Gasteiger partial charge in [-0.2, -0.15) is 0 Å². The highest BCUT2D eigenvalue weighted by Gasteiger charge is 2.29. The average Bonchev–Trinajstić information content (AvgIpc) is 2.27. The van der Waals surface area contributed by atoms with Crippen molar-refractivity contribution in [3.63, 3.8) is 0 Å². The van der Waals surface area contributed by atoms with E-state index in [-0.39, 0.29) is 12.2 Å². The Morgan fingerprint density at radius 1 is 1.44 bits per heavy atom. The number of hydrogen-bond acceptors (Lipinski definition) is 4. The maximum atomic E-state index is 11.7. The van der Waals surface area contributed by atoms with E-state index in [9.17, 15) is 18.0 Å². The lowest BCUT2D eigenvalue weighted by Crippen LogP contribution is -2.47. The average molecular weight is 277 g/mol. The Morgan fingerprint density at radius 2 is 2.00 bits per heavy atom. The molecule has 2 N–H and O–H groups in total. The van der Waals surface area contributed by atoms with Gasteiger partial charge in [0.1, 0.15) is 11.3 Å². The predicted molar refractivity (Wildman–Crippen MR) is 67.9 cm³/mol. The van der Waals surface area contributed by atoms with Crippen molar-refractivity contribution in [3.05, 3.63) is 12.7 Å². The van der Waals surface area contributed by atoms with E-state index in [4.69, 9.17) is 5.11 Å². The van der Waals surface area contributed by atoms with Crippen LogP contribution in [0.5, 0.6) is 0 Å². The largest absolute Gasteiger partial charge is 0.480 e. The van der Waals surface area contributed by atoms with Gasteiger partial charge in [-0.15, -0.1) is 6.58 Å². The lowest BCUT2D eigenvalue weighted by atomic mass is 10.1. The van der Waals surface area contributed by atoms with Gasteiger partial charge < -0.3 is 10.4 Å². The Hall–Kier alpha value is -1.37. The molecule has 0 aliphatic carbocycles. The normalized spacial score (nSPS) is 14.6. The van der Waals surface area contributed by atoms with Crippen molar-refractivity contribution in [2.45, 2.75) is 38.0 Å². The Labute approximate surface area is 107 Å². The van der Waals surface area contributed by atoms with Gasteiger partial charge in [0, 0.05) is 0 Å². The predicted octanol–water partition coefficient (Wildman–Crippen LogP) is 0.345. The summed E-state index contributed by atoms with van der Waals surface area (Å²) in [6.07, 6.45) is 2.03. The summed E-state index contributed by atoms with van der Waals surface area (Å²) >= 11 is 0. The molecule has 104 valence electrons. The Bertz CT molecular complexity index is 415. The van der Waals surface area contributed by atoms with Crippen LogP contribution in [0.25, 0.3) is 0 Å². The Morgan fingerprint density at radius 3 is 2.39 bits per heavy atom. The van der Waals surface area contributed by atoms with Crippen LogP contribution in [0.3, 0.4) is 0 Å². The first kappa shape index (κ1) is 16.6. The van der Waals surface area contributed by atoms with Crippen LogP contribution in [-0.2, 0) is 19.4 Å². The SMILES string of the molecule is C=CCS(=O)(=O)C(C)C(=O)NC(CCC)C(=O)O. The van der Waals surface area contributed by atoms with E-state index in [1.54, 1.807) is 6.92 Å². The molecular weight excluding hydrogens is 258 g/mol. The summed E-state index contributed by atoms with van der Waals surface area (Å²) in [5, 5.41) is 9.81. The molecule has 0 aromatic carbocycles. The molecule has 0 spiro atoms. The van der Waals surface area contributed by atoms with E-state index >= 15 is 0 Å². The summed E-state index contributed by atoms with van der Waals surface area (Å²) in [6.45, 7) is 6.31. The zero-order chi connectivity index (χ0) is 14.3. The monoisotopic (exact) mass is 277 g/mol. The van der Waals surface area contributed by atoms with Crippen LogP contribution in [0.4, 0.5) is 0 Å². The van der Waals surface area contributed by atoms with Crippen molar-refractivity contribution in [1.29, 1.82) is 0 Å². The molecular formula is C11H19NO5S. The van der Waals surface area contributed by atoms with Crippen LogP contribution in [0, 0.1) is 0 Å². The van der Waals surface area contributed by atoms with E-state index in [2.05, 4.69) is 11.9 Å². The first-order valence-corrected chi connectivity index (χ1v) is 7.33. The highest BCUT2D eigenvalue weighted by Crippen LogP contribution is 2.05. The quantitative estimate of drug-likeness (QED) is 0.623. The van der Waals surface area contributed by atoms with Crippen molar-refractivity contribution < 1.29 is 23.1 Å². The first-order chi connectivity index (χ1) is 8.26. The molecule has 2 atom stereocenters. The number of aliphatic carboxylic acids is 1. The smallest absolute Gasteiger partial charge is 0.326 e. The number of carboxylic acid groups (broad SMARTS) is 1. The van der Waals surface area contributed by atoms with Gasteiger partial charge in [-0.25, -0.2) is 13.2 Å². The van der Waals surface area contributed by atoms with E-state index < -0.39 is 33.0 Å². The molecule has 0 aliphatic rings. The summed E-state index contributed by atoms with van der Waals surface area (Å²) in [5.74, 6) is -2.27. The lowest BCUT2D eigenvalue weighted by molar-refractivity contribution is -0.141. The van der Waals surface area contributed by atoms with Gasteiger partial charge in [0.05, 0.1) is 5.75 Å². The number of sulfone groups is 1. The molecule has 2 unspecified atom stereocenters. The van der Waals surface area contributed by atoms with Crippen LogP contribution in [0.15, 0.2) is 12.7 Å². The molecule has 6 nitrogen and oxygen atoms in total. The number of rotatable bonds is 8. The molecule has 0 saturated carbocycles. The van der Waals surface area contributed by atoms with Crippen LogP contribution in [0.1, 0.15) is 26.7 Å². The third-order valence-electron chi connectivity index (χ3n) is 2.45. The zero-order valence-electron chi connectivity index (χ0n) is 10.5. The topological polar surface area (TPSA) is 101 Å². The fraction of sp³-hybridized carbons (Fsp3) is 0.636. The third kappa shape index (κ3) is 4.87. The van der Waals surface area contributed by atoms with Gasteiger partial charge in [-0.05, 0) is 13.3 Å². The van der Waals surface area contributed by atoms with Crippen molar-refractivity contribution in [1.82, 2.24) is 5.32 Å². The van der Waals surface area contributed by atoms with Crippen LogP contribution >= 0.6 is 0 Å². The summed E-state index contributed by atoms with van der Waals surface area (Å²) in [7, 11) is -3.62. The van der Waals surface area contributed by atoms with Gasteiger partial charge in [0.2, 0.25) is 5.91 Å². The van der Waals surface area contributed by atoms with E-state index in [1.807, 2.05) is 0 Å². The molecule has 0 aliphatic heterocycles. The number of hydrogen-bond donors (Lipinski definition) is 2. The number of carbonyl (C=O) groups is 2. The van der Waals surface area contributed by atoms with E-state index in [0.29, 0.717) is 6.42 Å². The Kier molecular flexibility index (Phi) is 6.61. The standard InChI is InChI=1S/C11H19NO5S/c1-4-6-9(11(14)15)12-10(13)8(3)18(16,17)7-5-2/h5,8-9H,2,4,6-7H2,1,3H3,(H,12,13)(H,14,15). The minimum absolute atomic E-state index is 0.259. The second kappa shape index (κ2) is 7.15. The summed E-state index contributed by atoms with van der Waals surface area (Å²) in [5.41, 5.74) is 0. The summed E-state index contributed by atoms with van der Waals surface area (Å²) < 4.78 is 23.2. The molecule has 18 heavy (non-hydrogen) atoms. The number of carboxylic acids is 1. The van der Waals surface area contributed by atoms with Gasteiger partial charge in [0.15, 0.2) is 9.84 Å². The maximum Gasteiger partial charge on any atom is 0.326 e. The molecule has 0 heterocycles. The second-order valence-corrected chi connectivity index (χ2v) is 6.31. The number of carbonyl (C=O) groups excluding carboxylic acids is 1. The molecule has 1 amide bonds. The highest BCUT2D eigenvalue weighted by molar-refractivity contribution is 7.92. The summed E-state index contributed by atoms with van der Waals surface area (Å²) in [6, 6.07) is -1.05. The molecule has 0 fully saturated rings. The lowest BCUT2D eigenvalue weighted by Gasteiger charge is -2.17. The molecule has 0 aromatic rings. The minimum atomic E-state index is -3.62. The van der Waals surface area contributed by atoms with Gasteiger partial charge >= 0.3 is 5.97 Å². The molecule has 0 saturated heterocycles. The fourth-order valence-electron chi connectivity index (χ4n) is 1.31. The van der Waals surface area contributed by atoms with Crippen LogP contribution in [-0.4, -0.2) is 42.4 Å². The zero-order valence-corrected chi connectivity index (χ0v) is 11.4. The fourth-order valence-corrected chi connectivity index (χ4v) is 2.32. The first-order valence-electron chi connectivity index (χ1n) is 5.61. The third-order valence-corrected chi connectivity index (χ3v) is 4.44. The molecule has 0 rings (SSSR count). The summed E-state index contributed by atoms with van der Waals surface area (Å²) in [4.78, 5) is 22.5. The van der Waals surface area contributed by atoms with Crippen molar-refractivity contribution in [2.24, 2.45) is 0 Å². The van der Waals surface area contributed by atoms with Gasteiger partial charge in [-0.3, -0.25) is 4.79 Å². The van der Waals surface area contributed by atoms with Crippen molar-refractivity contribution in [3.8, 4) is 0 Å². The maximum absolute atomic E-state index is 11.7. The highest BCUT2D eigenvalue weighted by atomic mass is 32.2. The van der Waals surface area contributed by atoms with Gasteiger partial charge in [0.25, 0.3) is 0 Å². The molecule has 0 aromatic heterocycles. The van der Waals surface area contributed by atoms with Crippen molar-refractivity contribution in [2.75, 3.05) is 5.75 Å². The van der Waals surface area contributed by atoms with Gasteiger partial charge in [-0.1, -0.05) is 19.4 Å². The molecule has 0 bridgehead atoms. The van der Waals surface area contributed by atoms with Crippen molar-refractivity contribution >= 4 is 21.7 Å².